The lowest BCUT2D eigenvalue weighted by atomic mass is 10.4. The van der Waals surface area contributed by atoms with Crippen molar-refractivity contribution in [2.45, 2.75) is 7.59 Å². The van der Waals surface area contributed by atoms with Gasteiger partial charge in [-0.1, -0.05) is 106 Å². The molecule has 0 fully saturated rings. The molecule has 0 saturated heterocycles. The molecule has 6 heteroatoms. The van der Waals surface area contributed by atoms with Gasteiger partial charge in [-0.3, -0.25) is 0 Å². The molecule has 0 aromatic heterocycles. The van der Waals surface area contributed by atoms with Crippen LogP contribution in [0.5, 0.6) is 0 Å². The minimum absolute atomic E-state index is 1.85. The summed E-state index contributed by atoms with van der Waals surface area (Å²) < 4.78 is -3.70. The van der Waals surface area contributed by atoms with E-state index >= 15 is 0 Å². The molecule has 80 valence electrons. The maximum atomic E-state index is 5.14. The summed E-state index contributed by atoms with van der Waals surface area (Å²) in [7, 11) is 0. The van der Waals surface area contributed by atoms with E-state index in [2.05, 4.69) is 0 Å². The van der Waals surface area contributed by atoms with Crippen molar-refractivity contribution in [3.63, 3.8) is 0 Å². The van der Waals surface area contributed by atoms with Crippen LogP contribution in [0.1, 0.15) is 0 Å². The molecule has 0 aliphatic carbocycles. The van der Waals surface area contributed by atoms with Gasteiger partial charge in [0.15, 0.2) is 0 Å². The van der Waals surface area contributed by atoms with E-state index in [0.717, 1.165) is 0 Å². The van der Waals surface area contributed by atoms with E-state index in [0.29, 0.717) is 0 Å². The average molecular weight is 315 g/mol. The fourth-order valence-electron chi connectivity index (χ4n) is 0.385. The van der Waals surface area contributed by atoms with Gasteiger partial charge in [-0.05, 0) is 0 Å². The molecule has 0 spiro atoms. The van der Waals surface area contributed by atoms with Gasteiger partial charge in [-0.25, -0.2) is 0 Å². The Morgan fingerprint density at radius 1 is 0.429 bits per heavy atom. The smallest absolute Gasteiger partial charge is 0.0788 e. The first kappa shape index (κ1) is 15.0. The molecule has 14 heavy (non-hydrogen) atoms. The molecule has 0 heterocycles. The maximum Gasteiger partial charge on any atom is 0.236 e. The first-order valence-electron chi connectivity index (χ1n) is 3.38. The Labute approximate surface area is 113 Å². The zero-order chi connectivity index (χ0) is 11.2. The lowest BCUT2D eigenvalue weighted by molar-refractivity contribution is 1.10. The molecule has 0 bridgehead atoms. The molecule has 0 atom stereocenters. The normalized spacial score (nSPS) is 11.6. The summed E-state index contributed by atoms with van der Waals surface area (Å²) >= 11 is 30.9. The van der Waals surface area contributed by atoms with Crippen LogP contribution in [-0.4, -0.2) is 7.59 Å². The summed E-state index contributed by atoms with van der Waals surface area (Å²) in [6.07, 6.45) is 0. The quantitative estimate of drug-likeness (QED) is 0.561. The SMILES string of the molecule is ClC(Cl)(Cl)C(Cl)(Cl)Cl.c1ccccc1. The zero-order valence-electron chi connectivity index (χ0n) is 6.73. The topological polar surface area (TPSA) is 0 Å². The third-order valence-corrected chi connectivity index (χ3v) is 3.56. The van der Waals surface area contributed by atoms with Crippen LogP contribution >= 0.6 is 69.6 Å². The second-order valence-corrected chi connectivity index (χ2v) is 6.71. The Hall–Kier alpha value is 0.960. The zero-order valence-corrected chi connectivity index (χ0v) is 11.3. The van der Waals surface area contributed by atoms with E-state index < -0.39 is 7.59 Å². The molecule has 1 aromatic carbocycles. The van der Waals surface area contributed by atoms with Gasteiger partial charge >= 0.3 is 0 Å². The van der Waals surface area contributed by atoms with Crippen molar-refractivity contribution in [2.24, 2.45) is 0 Å². The third kappa shape index (κ3) is 7.28. The first-order valence-corrected chi connectivity index (χ1v) is 5.65. The minimum atomic E-state index is -1.85. The number of halogens is 6. The number of rotatable bonds is 0. The predicted molar refractivity (Wildman–Crippen MR) is 67.0 cm³/mol. The van der Waals surface area contributed by atoms with Crippen LogP contribution in [0.25, 0.3) is 0 Å². The number of hydrogen-bond donors (Lipinski definition) is 0. The fourth-order valence-corrected chi connectivity index (χ4v) is 0.385. The first-order chi connectivity index (χ1) is 6.25. The molecule has 0 saturated carbocycles. The van der Waals surface area contributed by atoms with Crippen molar-refractivity contribution >= 4 is 69.6 Å². The summed E-state index contributed by atoms with van der Waals surface area (Å²) in [5, 5.41) is 0. The molecule has 0 amide bonds. The summed E-state index contributed by atoms with van der Waals surface area (Å²) in [4.78, 5) is 0. The average Bonchev–Trinajstić information content (AvgIpc) is 2.05. The summed E-state index contributed by atoms with van der Waals surface area (Å²) in [6.45, 7) is 0. The second kappa shape index (κ2) is 6.52. The van der Waals surface area contributed by atoms with Crippen LogP contribution < -0.4 is 0 Å². The molecule has 1 rings (SSSR count). The van der Waals surface area contributed by atoms with Crippen LogP contribution in [0.15, 0.2) is 36.4 Å². The van der Waals surface area contributed by atoms with Crippen LogP contribution in [0.4, 0.5) is 0 Å². The van der Waals surface area contributed by atoms with Crippen molar-refractivity contribution in [1.29, 1.82) is 0 Å². The molecule has 0 radical (unpaired) electrons. The monoisotopic (exact) mass is 312 g/mol. The van der Waals surface area contributed by atoms with Gasteiger partial charge in [0.25, 0.3) is 0 Å². The van der Waals surface area contributed by atoms with Gasteiger partial charge in [0.1, 0.15) is 0 Å². The minimum Gasteiger partial charge on any atom is -0.0788 e. The van der Waals surface area contributed by atoms with Gasteiger partial charge in [-0.2, -0.15) is 0 Å². The lowest BCUT2D eigenvalue weighted by Crippen LogP contribution is -2.23. The van der Waals surface area contributed by atoms with E-state index in [-0.39, 0.29) is 0 Å². The molecule has 0 unspecified atom stereocenters. The third-order valence-electron chi connectivity index (χ3n) is 0.988. The molecular formula is C8H6Cl6. The van der Waals surface area contributed by atoms with Gasteiger partial charge in [0.05, 0.1) is 0 Å². The van der Waals surface area contributed by atoms with Gasteiger partial charge in [0.2, 0.25) is 7.59 Å². The van der Waals surface area contributed by atoms with Crippen LogP contribution in [0.3, 0.4) is 0 Å². The van der Waals surface area contributed by atoms with Crippen LogP contribution in [-0.2, 0) is 0 Å². The van der Waals surface area contributed by atoms with Gasteiger partial charge in [-0.15, -0.1) is 0 Å². The standard InChI is InChI=1S/C6H6.C2Cl6/c1-2-4-6-5-3-1;3-1(4,5)2(6,7)8/h1-6H;. The van der Waals surface area contributed by atoms with Gasteiger partial charge < -0.3 is 0 Å². The second-order valence-electron chi connectivity index (χ2n) is 2.15. The predicted octanol–water partition coefficient (Wildman–Crippen LogP) is 5.41. The molecule has 0 N–H and O–H groups in total. The summed E-state index contributed by atoms with van der Waals surface area (Å²) in [5.74, 6) is 0. The Balaban J connectivity index is 0.000000249. The van der Waals surface area contributed by atoms with Crippen molar-refractivity contribution in [1.82, 2.24) is 0 Å². The van der Waals surface area contributed by atoms with E-state index in [4.69, 9.17) is 69.6 Å². The maximum absolute atomic E-state index is 5.14. The largest absolute Gasteiger partial charge is 0.236 e. The Morgan fingerprint density at radius 3 is 0.643 bits per heavy atom. The van der Waals surface area contributed by atoms with Crippen molar-refractivity contribution < 1.29 is 0 Å². The number of hydrogen-bond acceptors (Lipinski definition) is 0. The highest BCUT2D eigenvalue weighted by molar-refractivity contribution is 6.83. The van der Waals surface area contributed by atoms with Crippen molar-refractivity contribution in [2.75, 3.05) is 0 Å². The molecule has 0 aliphatic rings. The van der Waals surface area contributed by atoms with Crippen molar-refractivity contribution in [3.8, 4) is 0 Å². The lowest BCUT2D eigenvalue weighted by Gasteiger charge is -2.19. The fraction of sp³-hybridized carbons (Fsp3) is 0.250. The van der Waals surface area contributed by atoms with Crippen LogP contribution in [0, 0.1) is 0 Å². The van der Waals surface area contributed by atoms with E-state index in [1.807, 2.05) is 36.4 Å². The highest BCUT2D eigenvalue weighted by atomic mass is 35.6. The van der Waals surface area contributed by atoms with Crippen molar-refractivity contribution in [3.05, 3.63) is 36.4 Å². The Morgan fingerprint density at radius 2 is 0.571 bits per heavy atom. The molecule has 1 aromatic rings. The highest BCUT2D eigenvalue weighted by Crippen LogP contribution is 2.48. The number of benzene rings is 1. The highest BCUT2D eigenvalue weighted by Gasteiger charge is 2.43. The summed E-state index contributed by atoms with van der Waals surface area (Å²) in [5.41, 5.74) is 0. The Kier molecular flexibility index (Phi) is 6.97. The molecule has 0 aliphatic heterocycles. The van der Waals surface area contributed by atoms with Gasteiger partial charge in [0, 0.05) is 0 Å². The molecular weight excluding hydrogens is 309 g/mol. The number of alkyl halides is 6. The van der Waals surface area contributed by atoms with E-state index in [1.54, 1.807) is 0 Å². The summed E-state index contributed by atoms with van der Waals surface area (Å²) in [6, 6.07) is 12.0. The Bertz CT molecular complexity index is 196. The van der Waals surface area contributed by atoms with Crippen LogP contribution in [0.2, 0.25) is 0 Å². The molecule has 0 nitrogen and oxygen atoms in total. The van der Waals surface area contributed by atoms with E-state index in [9.17, 15) is 0 Å². The van der Waals surface area contributed by atoms with E-state index in [1.165, 1.54) is 0 Å².